The van der Waals surface area contributed by atoms with Crippen molar-refractivity contribution < 1.29 is 4.90 Å². The molecule has 3 aromatic rings. The summed E-state index contributed by atoms with van der Waals surface area (Å²) in [5.74, 6) is 0.923. The van der Waals surface area contributed by atoms with Gasteiger partial charge in [0.1, 0.15) is 12.4 Å². The van der Waals surface area contributed by atoms with Gasteiger partial charge in [-0.05, 0) is 43.3 Å². The molecular formula is C25H30N5OS+. The van der Waals surface area contributed by atoms with Crippen LogP contribution in [0, 0.1) is 0 Å². The van der Waals surface area contributed by atoms with Crippen LogP contribution in [0.3, 0.4) is 0 Å². The summed E-state index contributed by atoms with van der Waals surface area (Å²) in [5.41, 5.74) is 3.08. The molecule has 6 nitrogen and oxygen atoms in total. The van der Waals surface area contributed by atoms with E-state index in [9.17, 15) is 4.79 Å². The maximum atomic E-state index is 13.1. The number of aromatic nitrogens is 2. The van der Waals surface area contributed by atoms with Gasteiger partial charge in [0.2, 0.25) is 0 Å². The molecule has 0 amide bonds. The van der Waals surface area contributed by atoms with Crippen molar-refractivity contribution in [3.05, 3.63) is 70.3 Å². The Morgan fingerprint density at radius 2 is 1.84 bits per heavy atom. The number of thiocarbonyl (C=S) groups is 1. The van der Waals surface area contributed by atoms with Gasteiger partial charge in [-0.15, -0.1) is 0 Å². The molecule has 5 rings (SSSR count). The number of quaternary nitrogens is 1. The summed E-state index contributed by atoms with van der Waals surface area (Å²) in [6.45, 7) is 5.81. The van der Waals surface area contributed by atoms with Crippen molar-refractivity contribution in [1.82, 2.24) is 14.5 Å². The molecule has 0 spiro atoms. The third kappa shape index (κ3) is 4.54. The first kappa shape index (κ1) is 21.1. The molecule has 0 bridgehead atoms. The predicted molar refractivity (Wildman–Crippen MR) is 132 cm³/mol. The lowest BCUT2D eigenvalue weighted by Crippen LogP contribution is -3.13. The number of hydrogen-bond acceptors (Lipinski definition) is 3. The SMILES string of the molecule is O=c1c2cc(NC(=S)N3CC[NH+](Cc4ccccc4)CC3)ccc2nc2n1CCCCC2. The van der Waals surface area contributed by atoms with E-state index in [1.807, 2.05) is 22.8 Å². The highest BCUT2D eigenvalue weighted by Crippen LogP contribution is 2.19. The van der Waals surface area contributed by atoms with E-state index in [1.165, 1.54) is 5.56 Å². The van der Waals surface area contributed by atoms with Crippen LogP contribution in [-0.4, -0.2) is 45.7 Å². The summed E-state index contributed by atoms with van der Waals surface area (Å²) in [5, 5.41) is 4.76. The Kier molecular flexibility index (Phi) is 6.19. The van der Waals surface area contributed by atoms with Gasteiger partial charge in [0.05, 0.1) is 37.1 Å². The predicted octanol–water partition coefficient (Wildman–Crippen LogP) is 2.22. The lowest BCUT2D eigenvalue weighted by molar-refractivity contribution is -0.917. The molecule has 2 aliphatic heterocycles. The Bertz CT molecular complexity index is 1170. The number of benzene rings is 2. The van der Waals surface area contributed by atoms with E-state index < -0.39 is 0 Å². The van der Waals surface area contributed by atoms with Gasteiger partial charge >= 0.3 is 0 Å². The second-order valence-corrected chi connectivity index (χ2v) is 9.24. The monoisotopic (exact) mass is 448 g/mol. The quantitative estimate of drug-likeness (QED) is 0.602. The highest BCUT2D eigenvalue weighted by Gasteiger charge is 2.22. The number of nitrogens with zero attached hydrogens (tertiary/aromatic N) is 3. The minimum atomic E-state index is 0.0691. The average Bonchev–Trinajstić information content (AvgIpc) is 3.06. The van der Waals surface area contributed by atoms with Crippen LogP contribution in [0.4, 0.5) is 5.69 Å². The van der Waals surface area contributed by atoms with Gasteiger partial charge in [0.25, 0.3) is 5.56 Å². The fraction of sp³-hybridized carbons (Fsp3) is 0.400. The van der Waals surface area contributed by atoms with Gasteiger partial charge in [-0.2, -0.15) is 0 Å². The zero-order chi connectivity index (χ0) is 21.9. The normalized spacial score (nSPS) is 17.1. The van der Waals surface area contributed by atoms with Crippen LogP contribution in [0.15, 0.2) is 53.3 Å². The molecule has 7 heteroatoms. The van der Waals surface area contributed by atoms with E-state index in [1.54, 1.807) is 4.90 Å². The molecule has 0 saturated carbocycles. The lowest BCUT2D eigenvalue weighted by Gasteiger charge is -2.34. The first-order valence-electron chi connectivity index (χ1n) is 11.6. The van der Waals surface area contributed by atoms with Crippen LogP contribution >= 0.6 is 12.2 Å². The maximum Gasteiger partial charge on any atom is 0.261 e. The third-order valence-electron chi connectivity index (χ3n) is 6.62. The molecule has 0 unspecified atom stereocenters. The van der Waals surface area contributed by atoms with Crippen LogP contribution in [-0.2, 0) is 19.5 Å². The molecule has 1 fully saturated rings. The van der Waals surface area contributed by atoms with Crippen molar-refractivity contribution in [1.29, 1.82) is 0 Å². The van der Waals surface area contributed by atoms with Crippen LogP contribution in [0.25, 0.3) is 10.9 Å². The van der Waals surface area contributed by atoms with E-state index in [0.29, 0.717) is 5.39 Å². The zero-order valence-corrected chi connectivity index (χ0v) is 19.2. The molecule has 2 aliphatic rings. The van der Waals surface area contributed by atoms with E-state index in [4.69, 9.17) is 17.2 Å². The largest absolute Gasteiger partial charge is 0.338 e. The van der Waals surface area contributed by atoms with Gasteiger partial charge in [-0.25, -0.2) is 4.98 Å². The fourth-order valence-corrected chi connectivity index (χ4v) is 5.09. The summed E-state index contributed by atoms with van der Waals surface area (Å²) in [4.78, 5) is 21.7. The van der Waals surface area contributed by atoms with E-state index in [-0.39, 0.29) is 5.56 Å². The molecule has 0 radical (unpaired) electrons. The van der Waals surface area contributed by atoms with Crippen LogP contribution in [0.2, 0.25) is 0 Å². The molecule has 3 heterocycles. The number of anilines is 1. The number of rotatable bonds is 3. The average molecular weight is 449 g/mol. The van der Waals surface area contributed by atoms with Crippen LogP contribution in [0.1, 0.15) is 30.7 Å². The van der Waals surface area contributed by atoms with Gasteiger partial charge < -0.3 is 15.1 Å². The lowest BCUT2D eigenvalue weighted by atomic mass is 10.2. The highest BCUT2D eigenvalue weighted by molar-refractivity contribution is 7.80. The Balaban J connectivity index is 1.25. The summed E-state index contributed by atoms with van der Waals surface area (Å²) < 4.78 is 1.87. The smallest absolute Gasteiger partial charge is 0.261 e. The Labute approximate surface area is 193 Å². The van der Waals surface area contributed by atoms with E-state index in [2.05, 4.69) is 40.5 Å². The zero-order valence-electron chi connectivity index (χ0n) is 18.3. The van der Waals surface area contributed by atoms with Crippen molar-refractivity contribution in [2.75, 3.05) is 31.5 Å². The summed E-state index contributed by atoms with van der Waals surface area (Å²) in [6.07, 6.45) is 4.18. The van der Waals surface area contributed by atoms with Gasteiger partial charge in [-0.1, -0.05) is 36.8 Å². The molecule has 32 heavy (non-hydrogen) atoms. The molecule has 2 aromatic carbocycles. The fourth-order valence-electron chi connectivity index (χ4n) is 4.79. The van der Waals surface area contributed by atoms with Crippen LogP contribution in [0.5, 0.6) is 0 Å². The number of hydrogen-bond donors (Lipinski definition) is 2. The standard InChI is InChI=1S/C25H29N5OS/c31-24-21-17-20(10-11-22(21)27-23-9-5-2-6-12-30(23)24)26-25(32)29-15-13-28(14-16-29)18-19-7-3-1-4-8-19/h1,3-4,7-8,10-11,17H,2,5-6,9,12-16,18H2,(H,26,32)/p+1. The number of fused-ring (bicyclic) bond motifs is 2. The topological polar surface area (TPSA) is 54.6 Å². The van der Waals surface area contributed by atoms with Crippen molar-refractivity contribution in [3.8, 4) is 0 Å². The summed E-state index contributed by atoms with van der Waals surface area (Å²) in [7, 11) is 0. The van der Waals surface area contributed by atoms with Crippen molar-refractivity contribution in [2.45, 2.75) is 38.8 Å². The molecule has 0 atom stereocenters. The summed E-state index contributed by atoms with van der Waals surface area (Å²) >= 11 is 5.70. The summed E-state index contributed by atoms with van der Waals surface area (Å²) in [6, 6.07) is 16.5. The van der Waals surface area contributed by atoms with E-state index >= 15 is 0 Å². The van der Waals surface area contributed by atoms with Crippen molar-refractivity contribution >= 4 is 33.9 Å². The minimum absolute atomic E-state index is 0.0691. The number of piperazine rings is 1. The van der Waals surface area contributed by atoms with Crippen LogP contribution < -0.4 is 15.8 Å². The molecule has 1 saturated heterocycles. The maximum absolute atomic E-state index is 13.1. The Hall–Kier alpha value is -2.77. The molecule has 1 aromatic heterocycles. The highest BCUT2D eigenvalue weighted by atomic mass is 32.1. The number of nitrogens with one attached hydrogen (secondary N) is 2. The minimum Gasteiger partial charge on any atom is -0.338 e. The third-order valence-corrected chi connectivity index (χ3v) is 6.98. The number of aryl methyl sites for hydroxylation is 1. The molecule has 166 valence electrons. The van der Waals surface area contributed by atoms with Gasteiger partial charge in [-0.3, -0.25) is 9.36 Å². The van der Waals surface area contributed by atoms with E-state index in [0.717, 1.165) is 87.1 Å². The molecular weight excluding hydrogens is 418 g/mol. The van der Waals surface area contributed by atoms with Crippen molar-refractivity contribution in [3.63, 3.8) is 0 Å². The molecule has 2 N–H and O–H groups in total. The second kappa shape index (κ2) is 9.38. The Morgan fingerprint density at radius 3 is 2.66 bits per heavy atom. The van der Waals surface area contributed by atoms with Gasteiger partial charge in [0.15, 0.2) is 5.11 Å². The first-order chi connectivity index (χ1) is 15.7. The first-order valence-corrected chi connectivity index (χ1v) is 12.0. The Morgan fingerprint density at radius 1 is 1.03 bits per heavy atom. The molecule has 0 aliphatic carbocycles. The van der Waals surface area contributed by atoms with Gasteiger partial charge in [0, 0.05) is 24.2 Å². The second-order valence-electron chi connectivity index (χ2n) is 8.86. The van der Waals surface area contributed by atoms with Crippen molar-refractivity contribution in [2.24, 2.45) is 0 Å².